The van der Waals surface area contributed by atoms with Gasteiger partial charge in [-0.3, -0.25) is 0 Å². The van der Waals surface area contributed by atoms with Crippen molar-refractivity contribution in [1.82, 2.24) is 5.32 Å². The molecule has 7 N–H and O–H groups in total. The van der Waals surface area contributed by atoms with Gasteiger partial charge in [-0.1, -0.05) is 32.6 Å². The molecule has 1 aliphatic heterocycles. The molecule has 0 amide bonds. The van der Waals surface area contributed by atoms with Crippen LogP contribution in [0.15, 0.2) is 0 Å². The summed E-state index contributed by atoms with van der Waals surface area (Å²) in [5, 5.41) is 60.9. The summed E-state index contributed by atoms with van der Waals surface area (Å²) in [6, 6.07) is 0. The van der Waals surface area contributed by atoms with E-state index in [2.05, 4.69) is 4.18 Å². The van der Waals surface area contributed by atoms with Gasteiger partial charge in [0.25, 0.3) is 5.91 Å². The van der Waals surface area contributed by atoms with Crippen LogP contribution in [0.1, 0.15) is 45.4 Å². The van der Waals surface area contributed by atoms with E-state index in [0.717, 1.165) is 25.7 Å². The van der Waals surface area contributed by atoms with Crippen molar-refractivity contribution in [1.29, 1.82) is 0 Å². The summed E-state index contributed by atoms with van der Waals surface area (Å²) in [5.41, 5.74) is 0. The number of aliphatic hydroxyl groups excluding tert-OH is 5. The molecule has 0 aromatic rings. The van der Waals surface area contributed by atoms with Gasteiger partial charge in [-0.15, -0.1) is 0 Å². The van der Waals surface area contributed by atoms with E-state index in [-0.39, 0.29) is 36.0 Å². The number of aliphatic hydroxyl groups is 6. The predicted octanol–water partition coefficient (Wildman–Crippen LogP) is -5.82. The number of hydrogen-bond acceptors (Lipinski definition) is 12. The van der Waals surface area contributed by atoms with Crippen LogP contribution in [0.2, 0.25) is 0 Å². The second-order valence-corrected chi connectivity index (χ2v) is 7.45. The molecule has 0 bridgehead atoms. The normalized spacial score (nSPS) is 31.6. The van der Waals surface area contributed by atoms with E-state index in [4.69, 9.17) is 4.74 Å². The van der Waals surface area contributed by atoms with E-state index in [1.807, 2.05) is 12.2 Å². The van der Waals surface area contributed by atoms with Gasteiger partial charge in [0.15, 0.2) is 12.4 Å². The number of rotatable bonds is 11. The van der Waals surface area contributed by atoms with Crippen LogP contribution in [0.5, 0.6) is 0 Å². The third-order valence-corrected chi connectivity index (χ3v) is 4.62. The zero-order chi connectivity index (χ0) is 20.8. The molecule has 0 saturated carbocycles. The van der Waals surface area contributed by atoms with Crippen molar-refractivity contribution in [3.05, 3.63) is 0 Å². The van der Waals surface area contributed by atoms with Gasteiger partial charge >= 0.3 is 29.6 Å². The summed E-state index contributed by atoms with van der Waals surface area (Å²) in [7, 11) is -5.57. The van der Waals surface area contributed by atoms with Gasteiger partial charge in [0.2, 0.25) is 10.4 Å². The number of hydrogen-bond donors (Lipinski definition) is 7. The largest absolute Gasteiger partial charge is 1.00 e. The van der Waals surface area contributed by atoms with Gasteiger partial charge in [0, 0.05) is 0 Å². The Balaban J connectivity index is 0.00000729. The fraction of sp³-hybridized carbons (Fsp3) is 1.00. The number of ether oxygens (including phenoxy) is 1. The van der Waals surface area contributed by atoms with Crippen LogP contribution < -0.4 is 34.9 Å². The van der Waals surface area contributed by atoms with Gasteiger partial charge in [-0.05, 0) is 12.8 Å². The van der Waals surface area contributed by atoms with Crippen molar-refractivity contribution in [2.45, 2.75) is 88.3 Å². The molecule has 162 valence electrons. The van der Waals surface area contributed by atoms with Crippen LogP contribution in [0, 0.1) is 0 Å². The minimum Gasteiger partial charge on any atom is -0.725 e. The summed E-state index contributed by atoms with van der Waals surface area (Å²) < 4.78 is 41.6. The van der Waals surface area contributed by atoms with Gasteiger partial charge < -0.3 is 39.9 Å². The maximum atomic E-state index is 11.0. The molecular formula is C14H28NNaO11S. The van der Waals surface area contributed by atoms with Crippen LogP contribution in [-0.2, 0) is 19.3 Å². The zero-order valence-corrected chi connectivity index (χ0v) is 18.7. The molecule has 0 spiro atoms. The van der Waals surface area contributed by atoms with Crippen molar-refractivity contribution in [3.63, 3.8) is 0 Å². The Labute approximate surface area is 185 Å². The summed E-state index contributed by atoms with van der Waals surface area (Å²) in [6.45, 7) is 2.02. The van der Waals surface area contributed by atoms with E-state index in [1.165, 1.54) is 0 Å². The molecule has 28 heavy (non-hydrogen) atoms. The van der Waals surface area contributed by atoms with Crippen molar-refractivity contribution < 1.29 is 82.1 Å². The van der Waals surface area contributed by atoms with Crippen LogP contribution in [0.25, 0.3) is 0 Å². The fourth-order valence-electron chi connectivity index (χ4n) is 2.75. The molecule has 0 aliphatic carbocycles. The Morgan fingerprint density at radius 3 is 2.21 bits per heavy atom. The van der Waals surface area contributed by atoms with Crippen LogP contribution in [0.4, 0.5) is 0 Å². The maximum absolute atomic E-state index is 11.0. The quantitative estimate of drug-likeness (QED) is 0.0526. The summed E-state index contributed by atoms with van der Waals surface area (Å²) in [6.07, 6.45) is -7.96. The van der Waals surface area contributed by atoms with E-state index in [1.54, 1.807) is 0 Å². The minimum atomic E-state index is -5.57. The van der Waals surface area contributed by atoms with Gasteiger partial charge in [-0.2, -0.15) is 0 Å². The van der Waals surface area contributed by atoms with Crippen LogP contribution >= 0.6 is 0 Å². The second-order valence-electron chi connectivity index (χ2n) is 6.47. The molecule has 1 saturated heterocycles. The van der Waals surface area contributed by atoms with E-state index < -0.39 is 53.2 Å². The van der Waals surface area contributed by atoms with Crippen molar-refractivity contribution in [3.8, 4) is 0 Å². The predicted molar refractivity (Wildman–Crippen MR) is 87.2 cm³/mol. The van der Waals surface area contributed by atoms with Gasteiger partial charge in [0.05, 0.1) is 0 Å². The first kappa shape index (κ1) is 28.5. The van der Waals surface area contributed by atoms with Crippen molar-refractivity contribution in [2.24, 2.45) is 0 Å². The molecule has 0 radical (unpaired) electrons. The molecule has 0 aromatic heterocycles. The average molecular weight is 441 g/mol. The molecule has 1 aliphatic rings. The molecule has 7 atom stereocenters. The SMILES string of the molecule is CCCCCCCC(O)NC(O)(OS(=O)(=O)[O-])[C@H]1OC(O)[C@H](O)[C@@H](O)[C@@H]1O.[Na+]. The Bertz CT molecular complexity index is 553. The molecule has 1 rings (SSSR count). The van der Waals surface area contributed by atoms with E-state index in [9.17, 15) is 43.6 Å². The molecular weight excluding hydrogens is 413 g/mol. The first-order chi connectivity index (χ1) is 12.4. The Kier molecular flexibility index (Phi) is 12.7. The van der Waals surface area contributed by atoms with Crippen molar-refractivity contribution >= 4 is 10.4 Å². The molecule has 12 nitrogen and oxygen atoms in total. The summed E-state index contributed by atoms with van der Waals surface area (Å²) in [5.74, 6) is -3.31. The van der Waals surface area contributed by atoms with Crippen molar-refractivity contribution in [2.75, 3.05) is 0 Å². The molecule has 3 unspecified atom stereocenters. The second kappa shape index (κ2) is 12.4. The monoisotopic (exact) mass is 441 g/mol. The minimum absolute atomic E-state index is 0. The average Bonchev–Trinajstić information content (AvgIpc) is 2.54. The smallest absolute Gasteiger partial charge is 0.725 e. The summed E-state index contributed by atoms with van der Waals surface area (Å²) >= 11 is 0. The number of unbranched alkanes of at least 4 members (excludes halogenated alkanes) is 4. The first-order valence-electron chi connectivity index (χ1n) is 8.63. The third-order valence-electron chi connectivity index (χ3n) is 4.16. The number of nitrogens with one attached hydrogen (secondary N) is 1. The topological polar surface area (TPSA) is 209 Å². The molecule has 1 heterocycles. The third kappa shape index (κ3) is 8.73. The Hall–Kier alpha value is 0.550. The van der Waals surface area contributed by atoms with E-state index in [0.29, 0.717) is 6.42 Å². The standard InChI is InChI=1S/C14H29NO11S.Na/c1-2-3-4-5-6-7-8(16)15-14(21,26-27(22,23)24)12-10(18)9(17)11(19)13(20)25-12;/h8-13,15-21H,2-7H2,1H3,(H,22,23,24);/q;+1/p-1/t8?,9-,10-,11+,12-,13?,14?;/m0./s1. The van der Waals surface area contributed by atoms with Gasteiger partial charge in [-0.25, -0.2) is 17.9 Å². The van der Waals surface area contributed by atoms with Crippen LogP contribution in [0.3, 0.4) is 0 Å². The van der Waals surface area contributed by atoms with Crippen LogP contribution in [-0.4, -0.2) is 86.5 Å². The molecule has 1 fully saturated rings. The summed E-state index contributed by atoms with van der Waals surface area (Å²) in [4.78, 5) is 0. The molecule has 14 heteroatoms. The zero-order valence-electron chi connectivity index (χ0n) is 15.8. The first-order valence-corrected chi connectivity index (χ1v) is 9.97. The Morgan fingerprint density at radius 2 is 1.68 bits per heavy atom. The Morgan fingerprint density at radius 1 is 1.11 bits per heavy atom. The fourth-order valence-corrected chi connectivity index (χ4v) is 3.20. The van der Waals surface area contributed by atoms with E-state index >= 15 is 0 Å². The maximum Gasteiger partial charge on any atom is 1.00 e. The molecule has 0 aromatic carbocycles. The van der Waals surface area contributed by atoms with Gasteiger partial charge in [0.1, 0.15) is 24.5 Å².